The number of aromatic nitrogens is 1. The van der Waals surface area contributed by atoms with Crippen molar-refractivity contribution in [1.82, 2.24) is 10.3 Å². The Bertz CT molecular complexity index is 332. The van der Waals surface area contributed by atoms with E-state index in [1.54, 1.807) is 11.3 Å². The number of carbonyl (C=O) groups is 1. The molecule has 0 aromatic carbocycles. The number of nitrogens with one attached hydrogen (secondary N) is 1. The van der Waals surface area contributed by atoms with E-state index in [2.05, 4.69) is 15.0 Å². The van der Waals surface area contributed by atoms with E-state index in [0.717, 1.165) is 19.7 Å². The fourth-order valence-corrected chi connectivity index (χ4v) is 1.55. The third kappa shape index (κ3) is 6.68. The molecule has 1 aliphatic heterocycles. The maximum absolute atomic E-state index is 9.60. The van der Waals surface area contributed by atoms with Gasteiger partial charge in [0, 0.05) is 19.3 Å². The van der Waals surface area contributed by atoms with E-state index < -0.39 is 0 Å². The highest BCUT2D eigenvalue weighted by Crippen LogP contribution is 2.09. The highest BCUT2D eigenvalue weighted by atomic mass is 32.1. The molecule has 0 spiro atoms. The predicted molar refractivity (Wildman–Crippen MR) is 70.5 cm³/mol. The molecule has 0 radical (unpaired) electrons. The first-order valence-electron chi connectivity index (χ1n) is 5.82. The Morgan fingerprint density at radius 3 is 2.61 bits per heavy atom. The molecule has 102 valence electrons. The molecule has 0 aliphatic carbocycles. The minimum Gasteiger partial charge on any atom is -0.462 e. The SMILES string of the molecule is CC(C)(C)OC=O.c1ncc(COC2CNC2)s1. The largest absolute Gasteiger partial charge is 0.462 e. The second kappa shape index (κ2) is 7.45. The van der Waals surface area contributed by atoms with Crippen LogP contribution in [0.5, 0.6) is 0 Å². The summed E-state index contributed by atoms with van der Waals surface area (Å²) in [5.41, 5.74) is 1.51. The first-order valence-corrected chi connectivity index (χ1v) is 6.70. The monoisotopic (exact) mass is 272 g/mol. The van der Waals surface area contributed by atoms with Crippen LogP contribution in [0.25, 0.3) is 0 Å². The van der Waals surface area contributed by atoms with Crippen LogP contribution in [-0.4, -0.2) is 36.3 Å². The third-order valence-corrected chi connectivity index (χ3v) is 2.84. The Hall–Kier alpha value is -0.980. The lowest BCUT2D eigenvalue weighted by Crippen LogP contribution is -2.48. The maximum Gasteiger partial charge on any atom is 0.293 e. The van der Waals surface area contributed by atoms with Crippen LogP contribution in [-0.2, 0) is 20.9 Å². The van der Waals surface area contributed by atoms with Crippen LogP contribution in [0.2, 0.25) is 0 Å². The summed E-state index contributed by atoms with van der Waals surface area (Å²) in [6.45, 7) is 8.64. The molecule has 6 heteroatoms. The summed E-state index contributed by atoms with van der Waals surface area (Å²) in [5, 5.41) is 3.15. The van der Waals surface area contributed by atoms with E-state index in [4.69, 9.17) is 4.74 Å². The fraction of sp³-hybridized carbons (Fsp3) is 0.667. The Kier molecular flexibility index (Phi) is 6.24. The molecule has 1 saturated heterocycles. The minimum absolute atomic E-state index is 0.318. The number of hydrogen-bond donors (Lipinski definition) is 1. The Labute approximate surface area is 112 Å². The number of ether oxygens (including phenoxy) is 2. The van der Waals surface area contributed by atoms with Crippen molar-refractivity contribution in [3.63, 3.8) is 0 Å². The summed E-state index contributed by atoms with van der Waals surface area (Å²) in [4.78, 5) is 14.8. The molecular formula is C12H20N2O3S. The molecule has 1 aromatic rings. The molecule has 1 aromatic heterocycles. The minimum atomic E-state index is -0.318. The predicted octanol–water partition coefficient (Wildman–Crippen LogP) is 1.59. The number of nitrogens with zero attached hydrogens (tertiary/aromatic N) is 1. The summed E-state index contributed by atoms with van der Waals surface area (Å²) in [6.07, 6.45) is 2.29. The topological polar surface area (TPSA) is 60.5 Å². The maximum atomic E-state index is 9.60. The number of hydrogen-bond acceptors (Lipinski definition) is 6. The molecule has 1 fully saturated rings. The van der Waals surface area contributed by atoms with Gasteiger partial charge in [0.2, 0.25) is 0 Å². The van der Waals surface area contributed by atoms with Gasteiger partial charge in [-0.2, -0.15) is 0 Å². The van der Waals surface area contributed by atoms with Crippen molar-refractivity contribution in [2.45, 2.75) is 39.1 Å². The lowest BCUT2D eigenvalue weighted by atomic mass is 10.2. The van der Waals surface area contributed by atoms with Gasteiger partial charge in [-0.15, -0.1) is 11.3 Å². The van der Waals surface area contributed by atoms with Crippen molar-refractivity contribution in [2.75, 3.05) is 13.1 Å². The van der Waals surface area contributed by atoms with Crippen LogP contribution in [0.15, 0.2) is 11.7 Å². The third-order valence-electron chi connectivity index (χ3n) is 2.09. The van der Waals surface area contributed by atoms with Crippen molar-refractivity contribution in [3.8, 4) is 0 Å². The quantitative estimate of drug-likeness (QED) is 0.843. The van der Waals surface area contributed by atoms with Crippen molar-refractivity contribution >= 4 is 17.8 Å². The highest BCUT2D eigenvalue weighted by molar-refractivity contribution is 7.09. The van der Waals surface area contributed by atoms with Gasteiger partial charge in [0.05, 0.1) is 23.1 Å². The van der Waals surface area contributed by atoms with Gasteiger partial charge in [0.1, 0.15) is 5.60 Å². The van der Waals surface area contributed by atoms with Crippen LogP contribution >= 0.6 is 11.3 Å². The molecule has 0 unspecified atom stereocenters. The molecule has 1 aliphatic rings. The van der Waals surface area contributed by atoms with Crippen molar-refractivity contribution in [2.24, 2.45) is 0 Å². The van der Waals surface area contributed by atoms with E-state index in [9.17, 15) is 4.79 Å². The van der Waals surface area contributed by atoms with Crippen LogP contribution in [0.4, 0.5) is 0 Å². The molecule has 18 heavy (non-hydrogen) atoms. The van der Waals surface area contributed by atoms with Gasteiger partial charge >= 0.3 is 0 Å². The summed E-state index contributed by atoms with van der Waals surface area (Å²) >= 11 is 1.64. The van der Waals surface area contributed by atoms with Gasteiger partial charge in [-0.3, -0.25) is 9.78 Å². The van der Waals surface area contributed by atoms with Gasteiger partial charge in [-0.1, -0.05) is 0 Å². The van der Waals surface area contributed by atoms with E-state index in [-0.39, 0.29) is 5.60 Å². The summed E-state index contributed by atoms with van der Waals surface area (Å²) in [5.74, 6) is 0. The summed E-state index contributed by atoms with van der Waals surface area (Å²) in [7, 11) is 0. The molecule has 0 amide bonds. The van der Waals surface area contributed by atoms with Gasteiger partial charge < -0.3 is 14.8 Å². The zero-order valence-corrected chi connectivity index (χ0v) is 11.8. The van der Waals surface area contributed by atoms with Crippen LogP contribution in [0, 0.1) is 0 Å². The second-order valence-electron chi connectivity index (χ2n) is 4.89. The van der Waals surface area contributed by atoms with E-state index >= 15 is 0 Å². The van der Waals surface area contributed by atoms with E-state index in [1.807, 2.05) is 32.5 Å². The van der Waals surface area contributed by atoms with Gasteiger partial charge in [-0.05, 0) is 20.8 Å². The molecule has 5 nitrogen and oxygen atoms in total. The number of carbonyl (C=O) groups excluding carboxylic acids is 1. The highest BCUT2D eigenvalue weighted by Gasteiger charge is 2.16. The van der Waals surface area contributed by atoms with Gasteiger partial charge in [0.15, 0.2) is 0 Å². The first-order chi connectivity index (χ1) is 8.51. The smallest absolute Gasteiger partial charge is 0.293 e. The van der Waals surface area contributed by atoms with Crippen molar-refractivity contribution < 1.29 is 14.3 Å². The molecular weight excluding hydrogens is 252 g/mol. The zero-order valence-electron chi connectivity index (χ0n) is 11.0. The number of thiazole rings is 1. The Balaban J connectivity index is 0.000000203. The van der Waals surface area contributed by atoms with Gasteiger partial charge in [0.25, 0.3) is 6.47 Å². The molecule has 1 N–H and O–H groups in total. The normalized spacial score (nSPS) is 15.3. The van der Waals surface area contributed by atoms with Crippen molar-refractivity contribution in [1.29, 1.82) is 0 Å². The molecule has 0 saturated carbocycles. The Morgan fingerprint density at radius 1 is 1.56 bits per heavy atom. The van der Waals surface area contributed by atoms with Crippen LogP contribution in [0.1, 0.15) is 25.6 Å². The lowest BCUT2D eigenvalue weighted by Gasteiger charge is -2.26. The van der Waals surface area contributed by atoms with E-state index in [0.29, 0.717) is 12.6 Å². The van der Waals surface area contributed by atoms with E-state index in [1.165, 1.54) is 4.88 Å². The molecule has 2 heterocycles. The average molecular weight is 272 g/mol. The summed E-state index contributed by atoms with van der Waals surface area (Å²) < 4.78 is 10.1. The van der Waals surface area contributed by atoms with Crippen molar-refractivity contribution in [3.05, 3.63) is 16.6 Å². The lowest BCUT2D eigenvalue weighted by molar-refractivity contribution is -0.138. The Morgan fingerprint density at radius 2 is 2.28 bits per heavy atom. The fourth-order valence-electron chi connectivity index (χ4n) is 1.04. The zero-order chi connectivity index (χ0) is 13.4. The van der Waals surface area contributed by atoms with Gasteiger partial charge in [-0.25, -0.2) is 0 Å². The number of rotatable bonds is 4. The second-order valence-corrected chi connectivity index (χ2v) is 5.86. The first kappa shape index (κ1) is 15.1. The standard InChI is InChI=1S/C7H10N2OS.C5H10O2/c1-6(2-8-1)10-4-7-3-9-5-11-7;1-5(2,3)7-4-6/h3,5-6,8H,1-2,4H2;4H,1-3H3. The molecule has 0 bridgehead atoms. The molecule has 2 rings (SSSR count). The molecule has 0 atom stereocenters. The van der Waals surface area contributed by atoms with Crippen LogP contribution < -0.4 is 5.32 Å². The van der Waals surface area contributed by atoms with Crippen LogP contribution in [0.3, 0.4) is 0 Å². The average Bonchev–Trinajstić information content (AvgIpc) is 2.67. The summed E-state index contributed by atoms with van der Waals surface area (Å²) in [6, 6.07) is 0.